The van der Waals surface area contributed by atoms with Gasteiger partial charge in [0.15, 0.2) is 17.0 Å². The minimum absolute atomic E-state index is 0.0836. The molecule has 4 heterocycles. The van der Waals surface area contributed by atoms with E-state index in [2.05, 4.69) is 19.9 Å². The summed E-state index contributed by atoms with van der Waals surface area (Å²) in [6, 6.07) is -0.0836. The Balaban J connectivity index is 1.72. The van der Waals surface area contributed by atoms with Gasteiger partial charge in [0, 0.05) is 26.2 Å². The molecule has 0 amide bonds. The van der Waals surface area contributed by atoms with Gasteiger partial charge in [0.25, 0.3) is 0 Å². The summed E-state index contributed by atoms with van der Waals surface area (Å²) >= 11 is 6.39. The molecule has 4 rings (SSSR count). The van der Waals surface area contributed by atoms with Crippen molar-refractivity contribution in [3.8, 4) is 0 Å². The van der Waals surface area contributed by atoms with Gasteiger partial charge in [0.1, 0.15) is 6.33 Å². The van der Waals surface area contributed by atoms with Crippen LogP contribution in [-0.2, 0) is 14.8 Å². The Morgan fingerprint density at radius 1 is 1.24 bits per heavy atom. The van der Waals surface area contributed by atoms with Crippen molar-refractivity contribution in [3.63, 3.8) is 0 Å². The monoisotopic (exact) mass is 386 g/mol. The molecule has 136 valence electrons. The van der Waals surface area contributed by atoms with Gasteiger partial charge in [0.05, 0.1) is 25.5 Å². The number of fused-ring (bicyclic) bond motifs is 1. The molecule has 0 aliphatic carbocycles. The predicted octanol–water partition coefficient (Wildman–Crippen LogP) is 0.523. The van der Waals surface area contributed by atoms with Crippen molar-refractivity contribution in [2.24, 2.45) is 0 Å². The molecule has 25 heavy (non-hydrogen) atoms. The zero-order chi connectivity index (χ0) is 17.6. The summed E-state index contributed by atoms with van der Waals surface area (Å²) in [4.78, 5) is 15.3. The van der Waals surface area contributed by atoms with Crippen LogP contribution < -0.4 is 4.90 Å². The third kappa shape index (κ3) is 3.07. The van der Waals surface area contributed by atoms with Gasteiger partial charge >= 0.3 is 0 Å². The largest absolute Gasteiger partial charge is 0.378 e. The number of ether oxygens (including phenoxy) is 1. The maximum Gasteiger partial charge on any atom is 0.211 e. The summed E-state index contributed by atoms with van der Waals surface area (Å²) in [5, 5.41) is 0.311. The van der Waals surface area contributed by atoms with Gasteiger partial charge in [-0.25, -0.2) is 27.7 Å². The van der Waals surface area contributed by atoms with Gasteiger partial charge in [-0.2, -0.15) is 0 Å². The van der Waals surface area contributed by atoms with Crippen LogP contribution in [0.4, 0.5) is 5.82 Å². The lowest BCUT2D eigenvalue weighted by molar-refractivity contribution is 0.122. The number of imidazole rings is 1. The van der Waals surface area contributed by atoms with Crippen molar-refractivity contribution in [3.05, 3.63) is 11.6 Å². The first kappa shape index (κ1) is 17.0. The van der Waals surface area contributed by atoms with Gasteiger partial charge in [-0.05, 0) is 18.0 Å². The first-order chi connectivity index (χ1) is 11.9. The van der Waals surface area contributed by atoms with Crippen LogP contribution in [0.5, 0.6) is 0 Å². The molecule has 2 aromatic heterocycles. The third-order valence-electron chi connectivity index (χ3n) is 4.69. The highest BCUT2D eigenvalue weighted by Gasteiger charge is 2.32. The van der Waals surface area contributed by atoms with Crippen LogP contribution in [0.1, 0.15) is 12.5 Å². The van der Waals surface area contributed by atoms with Gasteiger partial charge < -0.3 is 9.64 Å². The molecule has 11 heteroatoms. The van der Waals surface area contributed by atoms with E-state index in [1.54, 1.807) is 0 Å². The standard InChI is InChI=1S/C14H19ClN6O3S/c1-25(22,23)20-3-2-10(8-20)21-13-11(18-14(21)15)12(16-9-17-13)19-4-6-24-7-5-19/h9-10H,2-8H2,1H3/t10-/m0/s1. The van der Waals surface area contributed by atoms with Gasteiger partial charge in [0.2, 0.25) is 15.3 Å². The summed E-state index contributed by atoms with van der Waals surface area (Å²) in [7, 11) is -3.22. The molecule has 2 aliphatic rings. The Morgan fingerprint density at radius 3 is 2.68 bits per heavy atom. The number of aromatic nitrogens is 4. The zero-order valence-electron chi connectivity index (χ0n) is 13.8. The normalized spacial score (nSPS) is 22.8. The van der Waals surface area contributed by atoms with Crippen LogP contribution in [0.2, 0.25) is 5.28 Å². The highest BCUT2D eigenvalue weighted by atomic mass is 35.5. The minimum atomic E-state index is -3.22. The lowest BCUT2D eigenvalue weighted by Crippen LogP contribution is -2.37. The average molecular weight is 387 g/mol. The number of hydrogen-bond acceptors (Lipinski definition) is 7. The molecular formula is C14H19ClN6O3S. The third-order valence-corrected chi connectivity index (χ3v) is 6.22. The first-order valence-electron chi connectivity index (χ1n) is 8.11. The molecule has 2 saturated heterocycles. The van der Waals surface area contributed by atoms with Crippen molar-refractivity contribution in [2.75, 3.05) is 50.5 Å². The topological polar surface area (TPSA) is 93.5 Å². The van der Waals surface area contributed by atoms with E-state index in [9.17, 15) is 8.42 Å². The van der Waals surface area contributed by atoms with E-state index in [-0.39, 0.29) is 6.04 Å². The van der Waals surface area contributed by atoms with Crippen LogP contribution in [0.3, 0.4) is 0 Å². The lowest BCUT2D eigenvalue weighted by Gasteiger charge is -2.27. The molecule has 0 bridgehead atoms. The minimum Gasteiger partial charge on any atom is -0.378 e. The molecule has 0 unspecified atom stereocenters. The molecule has 0 spiro atoms. The number of anilines is 1. The molecule has 0 radical (unpaired) electrons. The maximum atomic E-state index is 11.8. The summed E-state index contributed by atoms with van der Waals surface area (Å²) < 4.78 is 32.2. The van der Waals surface area contributed by atoms with Crippen LogP contribution in [-0.4, -0.2) is 77.9 Å². The van der Waals surface area contributed by atoms with Crippen LogP contribution in [0.15, 0.2) is 6.33 Å². The highest BCUT2D eigenvalue weighted by Crippen LogP contribution is 2.33. The molecular weight excluding hydrogens is 368 g/mol. The Kier molecular flexibility index (Phi) is 4.30. The Labute approximate surface area is 150 Å². The Morgan fingerprint density at radius 2 is 2.00 bits per heavy atom. The first-order valence-corrected chi connectivity index (χ1v) is 10.3. The van der Waals surface area contributed by atoms with Gasteiger partial charge in [-0.15, -0.1) is 0 Å². The van der Waals surface area contributed by atoms with E-state index in [0.717, 1.165) is 18.9 Å². The van der Waals surface area contributed by atoms with E-state index in [1.807, 2.05) is 4.57 Å². The molecule has 0 aromatic carbocycles. The summed E-state index contributed by atoms with van der Waals surface area (Å²) in [5.74, 6) is 0.743. The van der Waals surface area contributed by atoms with Crippen LogP contribution >= 0.6 is 11.6 Å². The molecule has 0 N–H and O–H groups in total. The number of hydrogen-bond donors (Lipinski definition) is 0. The molecule has 0 saturated carbocycles. The van der Waals surface area contributed by atoms with E-state index in [0.29, 0.717) is 49.2 Å². The molecule has 9 nitrogen and oxygen atoms in total. The fourth-order valence-corrected chi connectivity index (χ4v) is 4.61. The van der Waals surface area contributed by atoms with Crippen molar-refractivity contribution in [1.29, 1.82) is 0 Å². The number of rotatable bonds is 3. The summed E-state index contributed by atoms with van der Waals surface area (Å²) in [6.45, 7) is 3.61. The van der Waals surface area contributed by atoms with E-state index in [4.69, 9.17) is 16.3 Å². The highest BCUT2D eigenvalue weighted by molar-refractivity contribution is 7.88. The van der Waals surface area contributed by atoms with Gasteiger partial charge in [-0.3, -0.25) is 4.57 Å². The lowest BCUT2D eigenvalue weighted by atomic mass is 10.2. The second kappa shape index (κ2) is 6.35. The fraction of sp³-hybridized carbons (Fsp3) is 0.643. The van der Waals surface area contributed by atoms with E-state index >= 15 is 0 Å². The number of morpholine rings is 1. The van der Waals surface area contributed by atoms with Crippen LogP contribution in [0.25, 0.3) is 11.2 Å². The quantitative estimate of drug-likeness (QED) is 0.710. The van der Waals surface area contributed by atoms with Crippen molar-refractivity contribution >= 4 is 38.6 Å². The van der Waals surface area contributed by atoms with Crippen molar-refractivity contribution in [1.82, 2.24) is 23.8 Å². The summed E-state index contributed by atoms with van der Waals surface area (Å²) in [5.41, 5.74) is 1.29. The smallest absolute Gasteiger partial charge is 0.211 e. The summed E-state index contributed by atoms with van der Waals surface area (Å²) in [6.07, 6.45) is 3.40. The van der Waals surface area contributed by atoms with Crippen molar-refractivity contribution in [2.45, 2.75) is 12.5 Å². The molecule has 2 aliphatic heterocycles. The Bertz CT molecular complexity index is 895. The average Bonchev–Trinajstić information content (AvgIpc) is 3.18. The second-order valence-corrected chi connectivity index (χ2v) is 8.60. The van der Waals surface area contributed by atoms with Gasteiger partial charge in [-0.1, -0.05) is 0 Å². The maximum absolute atomic E-state index is 11.8. The predicted molar refractivity (Wildman–Crippen MR) is 93.4 cm³/mol. The van der Waals surface area contributed by atoms with Crippen molar-refractivity contribution < 1.29 is 13.2 Å². The van der Waals surface area contributed by atoms with E-state index < -0.39 is 10.0 Å². The molecule has 2 aromatic rings. The van der Waals surface area contributed by atoms with Crippen LogP contribution in [0, 0.1) is 0 Å². The second-order valence-electron chi connectivity index (χ2n) is 6.28. The molecule has 1 atom stereocenters. The number of halogens is 1. The SMILES string of the molecule is CS(=O)(=O)N1CC[C@H](n2c(Cl)nc3c(N4CCOCC4)ncnc32)C1. The number of sulfonamides is 1. The Hall–Kier alpha value is -1.49. The molecule has 2 fully saturated rings. The zero-order valence-corrected chi connectivity index (χ0v) is 15.4. The number of nitrogens with zero attached hydrogens (tertiary/aromatic N) is 6. The van der Waals surface area contributed by atoms with E-state index in [1.165, 1.54) is 16.9 Å². The fourth-order valence-electron chi connectivity index (χ4n) is 3.42.